The van der Waals surface area contributed by atoms with Crippen LogP contribution in [0.4, 0.5) is 0 Å². The van der Waals surface area contributed by atoms with Crippen molar-refractivity contribution in [1.29, 1.82) is 0 Å². The largest absolute Gasteiger partial charge is 0.396 e. The van der Waals surface area contributed by atoms with Crippen LogP contribution in [-0.2, 0) is 9.84 Å². The minimum Gasteiger partial charge on any atom is -0.396 e. The Balaban J connectivity index is 2.42. The Kier molecular flexibility index (Phi) is 3.49. The normalized spacial score (nSPS) is 25.9. The zero-order chi connectivity index (χ0) is 13.4. The summed E-state index contributed by atoms with van der Waals surface area (Å²) in [7, 11) is -3.27. The first-order valence-corrected chi connectivity index (χ1v) is 7.73. The lowest BCUT2D eigenvalue weighted by molar-refractivity contribution is 0.130. The lowest BCUT2D eigenvalue weighted by Gasteiger charge is -2.10. The monoisotopic (exact) mass is 270 g/mol. The molecule has 0 saturated heterocycles. The summed E-state index contributed by atoms with van der Waals surface area (Å²) >= 11 is 0. The van der Waals surface area contributed by atoms with Crippen molar-refractivity contribution < 1.29 is 18.6 Å². The van der Waals surface area contributed by atoms with E-state index in [2.05, 4.69) is 0 Å². The zero-order valence-corrected chi connectivity index (χ0v) is 11.1. The average molecular weight is 270 g/mol. The van der Waals surface area contributed by atoms with Crippen LogP contribution in [0.1, 0.15) is 18.4 Å². The third-order valence-electron chi connectivity index (χ3n) is 3.92. The van der Waals surface area contributed by atoms with E-state index in [0.717, 1.165) is 5.56 Å². The van der Waals surface area contributed by atoms with E-state index >= 15 is 0 Å². The molecule has 0 aromatic heterocycles. The predicted molar refractivity (Wildman–Crippen MR) is 69.0 cm³/mol. The number of aliphatic hydroxyl groups is 2. The number of benzene rings is 1. The zero-order valence-electron chi connectivity index (χ0n) is 10.3. The molecule has 18 heavy (non-hydrogen) atoms. The molecular formula is C13H18O4S. The summed E-state index contributed by atoms with van der Waals surface area (Å²) in [6.45, 7) is 0.967. The second kappa shape index (κ2) is 4.64. The molecule has 2 N–H and O–H groups in total. The minimum absolute atomic E-state index is 0.0305. The van der Waals surface area contributed by atoms with Gasteiger partial charge in [0.1, 0.15) is 0 Å². The van der Waals surface area contributed by atoms with Gasteiger partial charge in [0, 0.05) is 17.1 Å². The summed E-state index contributed by atoms with van der Waals surface area (Å²) in [5.74, 6) is -0.276. The summed E-state index contributed by atoms with van der Waals surface area (Å²) in [4.78, 5) is 0. The van der Waals surface area contributed by atoms with Crippen molar-refractivity contribution in [3.05, 3.63) is 35.9 Å². The number of hydrogen-bond donors (Lipinski definition) is 2. The average Bonchev–Trinajstić information content (AvgIpc) is 3.10. The van der Waals surface area contributed by atoms with E-state index in [-0.39, 0.29) is 24.9 Å². The molecule has 1 aromatic rings. The number of aliphatic hydroxyl groups excluding tert-OH is 2. The van der Waals surface area contributed by atoms with Gasteiger partial charge in [-0.2, -0.15) is 0 Å². The van der Waals surface area contributed by atoms with Crippen molar-refractivity contribution in [2.75, 3.05) is 19.0 Å². The van der Waals surface area contributed by atoms with E-state index in [1.807, 2.05) is 30.3 Å². The SMILES string of the molecule is CCS(=O)(=O)[C@@H]1[C@@H](c2ccccc2)C1(CO)CO. The van der Waals surface area contributed by atoms with Gasteiger partial charge in [-0.1, -0.05) is 37.3 Å². The summed E-state index contributed by atoms with van der Waals surface area (Å²) in [5.41, 5.74) is -0.0569. The molecule has 1 aliphatic carbocycles. The third-order valence-corrected chi connectivity index (χ3v) is 6.24. The van der Waals surface area contributed by atoms with E-state index < -0.39 is 20.5 Å². The molecule has 4 nitrogen and oxygen atoms in total. The van der Waals surface area contributed by atoms with Gasteiger partial charge in [0.25, 0.3) is 0 Å². The maximum Gasteiger partial charge on any atom is 0.154 e. The Morgan fingerprint density at radius 1 is 1.17 bits per heavy atom. The van der Waals surface area contributed by atoms with Crippen molar-refractivity contribution in [3.8, 4) is 0 Å². The van der Waals surface area contributed by atoms with Gasteiger partial charge < -0.3 is 10.2 Å². The summed E-state index contributed by atoms with van der Waals surface area (Å²) < 4.78 is 24.1. The van der Waals surface area contributed by atoms with Crippen LogP contribution in [0.5, 0.6) is 0 Å². The Morgan fingerprint density at radius 3 is 2.17 bits per heavy atom. The van der Waals surface area contributed by atoms with Crippen LogP contribution in [0.15, 0.2) is 30.3 Å². The molecule has 0 amide bonds. The summed E-state index contributed by atoms with van der Waals surface area (Å²) in [6.07, 6.45) is 0. The first kappa shape index (κ1) is 13.5. The van der Waals surface area contributed by atoms with Gasteiger partial charge in [0.05, 0.1) is 18.5 Å². The molecule has 5 heteroatoms. The van der Waals surface area contributed by atoms with Crippen LogP contribution in [-0.4, -0.2) is 42.8 Å². The van der Waals surface area contributed by atoms with Gasteiger partial charge in [-0.15, -0.1) is 0 Å². The maximum atomic E-state index is 12.1. The van der Waals surface area contributed by atoms with E-state index in [1.54, 1.807) is 6.92 Å². The highest BCUT2D eigenvalue weighted by Gasteiger charge is 2.69. The van der Waals surface area contributed by atoms with Crippen molar-refractivity contribution in [1.82, 2.24) is 0 Å². The Labute approximate surface area is 107 Å². The van der Waals surface area contributed by atoms with E-state index in [1.165, 1.54) is 0 Å². The van der Waals surface area contributed by atoms with Crippen LogP contribution in [0.2, 0.25) is 0 Å². The molecule has 2 atom stereocenters. The minimum atomic E-state index is -3.27. The Bertz CT molecular complexity index is 505. The predicted octanol–water partition coefficient (Wildman–Crippen LogP) is 0.558. The van der Waals surface area contributed by atoms with E-state index in [4.69, 9.17) is 0 Å². The molecule has 0 unspecified atom stereocenters. The fourth-order valence-electron chi connectivity index (χ4n) is 2.79. The highest BCUT2D eigenvalue weighted by atomic mass is 32.2. The number of sulfone groups is 1. The van der Waals surface area contributed by atoms with Crippen LogP contribution in [0.25, 0.3) is 0 Å². The molecule has 0 aliphatic heterocycles. The smallest absolute Gasteiger partial charge is 0.154 e. The van der Waals surface area contributed by atoms with Crippen molar-refractivity contribution in [2.24, 2.45) is 5.41 Å². The van der Waals surface area contributed by atoms with Crippen molar-refractivity contribution >= 4 is 9.84 Å². The van der Waals surface area contributed by atoms with Gasteiger partial charge in [-0.05, 0) is 5.56 Å². The van der Waals surface area contributed by atoms with Gasteiger partial charge >= 0.3 is 0 Å². The number of rotatable bonds is 5. The Morgan fingerprint density at radius 2 is 1.72 bits per heavy atom. The molecule has 1 saturated carbocycles. The first-order chi connectivity index (χ1) is 8.53. The second-order valence-electron chi connectivity index (χ2n) is 4.81. The molecule has 1 aromatic carbocycles. The van der Waals surface area contributed by atoms with Gasteiger partial charge in [0.15, 0.2) is 9.84 Å². The molecule has 0 bridgehead atoms. The first-order valence-electron chi connectivity index (χ1n) is 6.01. The molecule has 100 valence electrons. The Hall–Kier alpha value is -0.910. The standard InChI is InChI=1S/C13H18O4S/c1-2-18(16,17)12-11(13(12,8-14)9-15)10-6-4-3-5-7-10/h3-7,11-12,14-15H,2,8-9H2,1H3/t11-,12-/m1/s1. The number of hydrogen-bond acceptors (Lipinski definition) is 4. The molecule has 0 radical (unpaired) electrons. The topological polar surface area (TPSA) is 74.6 Å². The molecule has 2 rings (SSSR count). The van der Waals surface area contributed by atoms with Crippen LogP contribution in [0, 0.1) is 5.41 Å². The molecule has 1 fully saturated rings. The van der Waals surface area contributed by atoms with Gasteiger partial charge in [0.2, 0.25) is 0 Å². The molecule has 0 heterocycles. The lowest BCUT2D eigenvalue weighted by atomic mass is 10.0. The highest BCUT2D eigenvalue weighted by molar-refractivity contribution is 7.92. The van der Waals surface area contributed by atoms with Crippen LogP contribution in [0.3, 0.4) is 0 Å². The molecule has 1 aliphatic rings. The second-order valence-corrected chi connectivity index (χ2v) is 7.22. The lowest BCUT2D eigenvalue weighted by Crippen LogP contribution is -2.23. The van der Waals surface area contributed by atoms with Crippen molar-refractivity contribution in [3.63, 3.8) is 0 Å². The molecule has 0 spiro atoms. The van der Waals surface area contributed by atoms with Crippen LogP contribution < -0.4 is 0 Å². The maximum absolute atomic E-state index is 12.1. The third kappa shape index (κ3) is 1.86. The van der Waals surface area contributed by atoms with Gasteiger partial charge in [-0.3, -0.25) is 0 Å². The van der Waals surface area contributed by atoms with Crippen molar-refractivity contribution in [2.45, 2.75) is 18.1 Å². The quantitative estimate of drug-likeness (QED) is 0.820. The summed E-state index contributed by atoms with van der Waals surface area (Å²) in [5, 5.41) is 18.3. The highest BCUT2D eigenvalue weighted by Crippen LogP contribution is 2.62. The van der Waals surface area contributed by atoms with E-state index in [0.29, 0.717) is 0 Å². The fourth-order valence-corrected chi connectivity index (χ4v) is 4.93. The fraction of sp³-hybridized carbons (Fsp3) is 0.538. The molecular weight excluding hydrogens is 252 g/mol. The van der Waals surface area contributed by atoms with E-state index in [9.17, 15) is 18.6 Å². The summed E-state index contributed by atoms with van der Waals surface area (Å²) in [6, 6.07) is 9.21. The van der Waals surface area contributed by atoms with Crippen LogP contribution >= 0.6 is 0 Å². The van der Waals surface area contributed by atoms with Gasteiger partial charge in [-0.25, -0.2) is 8.42 Å².